The molecule has 1 atom stereocenters. The van der Waals surface area contributed by atoms with Crippen LogP contribution in [0.3, 0.4) is 0 Å². The van der Waals surface area contributed by atoms with E-state index in [-0.39, 0.29) is 12.2 Å². The van der Waals surface area contributed by atoms with Gasteiger partial charge < -0.3 is 16.6 Å². The van der Waals surface area contributed by atoms with Crippen molar-refractivity contribution in [2.24, 2.45) is 17.4 Å². The molecule has 5 nitrogen and oxygen atoms in total. The molecule has 0 aliphatic rings. The number of rotatable bonds is 6. The lowest BCUT2D eigenvalue weighted by molar-refractivity contribution is -0.140. The Morgan fingerprint density at radius 3 is 2.15 bits per heavy atom. The summed E-state index contributed by atoms with van der Waals surface area (Å²) in [6, 6.07) is 0. The fourth-order valence-electron chi connectivity index (χ4n) is 1.05. The fraction of sp³-hybridized carbons (Fsp3) is 0.750. The minimum Gasteiger partial charge on any atom is -0.481 e. The molecule has 0 bridgehead atoms. The number of Topliss-reactive ketones (excluding diaryl/α,β-unsaturated/α-hetero) is 1. The van der Waals surface area contributed by atoms with Crippen LogP contribution in [-0.2, 0) is 9.59 Å². The van der Waals surface area contributed by atoms with Crippen LogP contribution in [0.5, 0.6) is 0 Å². The van der Waals surface area contributed by atoms with E-state index in [0.717, 1.165) is 0 Å². The number of hydrogen-bond donors (Lipinski definition) is 3. The summed E-state index contributed by atoms with van der Waals surface area (Å²) in [6.45, 7) is 1.38. The lowest BCUT2D eigenvalue weighted by Gasteiger charge is -2.12. The van der Waals surface area contributed by atoms with Crippen molar-refractivity contribution in [1.82, 2.24) is 0 Å². The van der Waals surface area contributed by atoms with Gasteiger partial charge in [-0.2, -0.15) is 0 Å². The van der Waals surface area contributed by atoms with Gasteiger partial charge in [-0.3, -0.25) is 9.59 Å². The number of hydrogen-bond acceptors (Lipinski definition) is 4. The van der Waals surface area contributed by atoms with Gasteiger partial charge in [-0.25, -0.2) is 0 Å². The Labute approximate surface area is 77.1 Å². The molecule has 0 rings (SSSR count). The molecule has 0 spiro atoms. The first kappa shape index (κ1) is 12.1. The summed E-state index contributed by atoms with van der Waals surface area (Å²) in [4.78, 5) is 21.3. The first-order valence-corrected chi connectivity index (χ1v) is 4.17. The van der Waals surface area contributed by atoms with E-state index in [4.69, 9.17) is 16.6 Å². The van der Waals surface area contributed by atoms with Gasteiger partial charge in [-0.15, -0.1) is 0 Å². The molecule has 0 aromatic carbocycles. The quantitative estimate of drug-likeness (QED) is 0.496. The topological polar surface area (TPSA) is 106 Å². The summed E-state index contributed by atoms with van der Waals surface area (Å²) >= 11 is 0. The first-order chi connectivity index (χ1) is 5.93. The standard InChI is InChI=1S/C8H16N2O3/c1-5(11)6(4-8(12)13)2-3-7(9)10/h6-7H,2-4,9-10H2,1H3,(H,12,13). The molecule has 0 radical (unpaired) electrons. The largest absolute Gasteiger partial charge is 0.481 e. The van der Waals surface area contributed by atoms with Crippen LogP contribution in [0.1, 0.15) is 26.2 Å². The summed E-state index contributed by atoms with van der Waals surface area (Å²) in [5, 5.41) is 8.48. The minimum atomic E-state index is -0.967. The van der Waals surface area contributed by atoms with Crippen molar-refractivity contribution >= 4 is 11.8 Å². The Morgan fingerprint density at radius 2 is 1.85 bits per heavy atom. The van der Waals surface area contributed by atoms with Gasteiger partial charge in [-0.1, -0.05) is 0 Å². The smallest absolute Gasteiger partial charge is 0.304 e. The summed E-state index contributed by atoms with van der Waals surface area (Å²) in [5.41, 5.74) is 10.6. The number of carbonyl (C=O) groups excluding carboxylic acids is 1. The Kier molecular flexibility index (Phi) is 5.25. The molecule has 1 unspecified atom stereocenters. The van der Waals surface area contributed by atoms with Crippen molar-refractivity contribution in [1.29, 1.82) is 0 Å². The van der Waals surface area contributed by atoms with Crippen LogP contribution < -0.4 is 11.5 Å². The third-order valence-electron chi connectivity index (χ3n) is 1.84. The highest BCUT2D eigenvalue weighted by atomic mass is 16.4. The molecule has 76 valence electrons. The highest BCUT2D eigenvalue weighted by Crippen LogP contribution is 2.12. The van der Waals surface area contributed by atoms with E-state index in [1.807, 2.05) is 0 Å². The number of nitrogens with two attached hydrogens (primary N) is 2. The van der Waals surface area contributed by atoms with Crippen LogP contribution in [0.15, 0.2) is 0 Å². The molecule has 0 aliphatic carbocycles. The summed E-state index contributed by atoms with van der Waals surface area (Å²) in [5.74, 6) is -1.54. The van der Waals surface area contributed by atoms with Crippen LogP contribution in [0.2, 0.25) is 0 Å². The number of carbonyl (C=O) groups is 2. The monoisotopic (exact) mass is 188 g/mol. The lowest BCUT2D eigenvalue weighted by atomic mass is 9.95. The zero-order chi connectivity index (χ0) is 10.4. The maximum atomic E-state index is 10.9. The zero-order valence-corrected chi connectivity index (χ0v) is 7.69. The molecule has 13 heavy (non-hydrogen) atoms. The van der Waals surface area contributed by atoms with Crippen LogP contribution in [-0.4, -0.2) is 23.0 Å². The van der Waals surface area contributed by atoms with Gasteiger partial charge in [0.2, 0.25) is 0 Å². The summed E-state index contributed by atoms with van der Waals surface area (Å²) in [7, 11) is 0. The van der Waals surface area contributed by atoms with Gasteiger partial charge in [0.1, 0.15) is 5.78 Å². The van der Waals surface area contributed by atoms with Crippen LogP contribution in [0.25, 0.3) is 0 Å². The third-order valence-corrected chi connectivity index (χ3v) is 1.84. The molecule has 0 saturated carbocycles. The van der Waals surface area contributed by atoms with E-state index in [9.17, 15) is 9.59 Å². The highest BCUT2D eigenvalue weighted by Gasteiger charge is 2.18. The van der Waals surface area contributed by atoms with Crippen molar-refractivity contribution < 1.29 is 14.7 Å². The van der Waals surface area contributed by atoms with Crippen LogP contribution in [0.4, 0.5) is 0 Å². The number of carboxylic acids is 1. The van der Waals surface area contributed by atoms with Crippen molar-refractivity contribution in [2.75, 3.05) is 0 Å². The second-order valence-electron chi connectivity index (χ2n) is 3.15. The molecule has 0 amide bonds. The molecule has 5 N–H and O–H groups in total. The van der Waals surface area contributed by atoms with E-state index in [1.165, 1.54) is 6.92 Å². The highest BCUT2D eigenvalue weighted by molar-refractivity contribution is 5.82. The Hall–Kier alpha value is -0.940. The maximum Gasteiger partial charge on any atom is 0.304 e. The Bertz CT molecular complexity index is 192. The van der Waals surface area contributed by atoms with Gasteiger partial charge in [-0.05, 0) is 19.8 Å². The van der Waals surface area contributed by atoms with Crippen molar-refractivity contribution in [2.45, 2.75) is 32.4 Å². The number of aliphatic carboxylic acids is 1. The zero-order valence-electron chi connectivity index (χ0n) is 7.69. The van der Waals surface area contributed by atoms with Crippen molar-refractivity contribution in [3.8, 4) is 0 Å². The van der Waals surface area contributed by atoms with E-state index in [0.29, 0.717) is 12.8 Å². The maximum absolute atomic E-state index is 10.9. The predicted molar refractivity (Wildman–Crippen MR) is 47.8 cm³/mol. The molecule has 0 fully saturated rings. The van der Waals surface area contributed by atoms with E-state index < -0.39 is 18.1 Å². The SMILES string of the molecule is CC(=O)C(CCC(N)N)CC(=O)O. The van der Waals surface area contributed by atoms with Gasteiger partial charge in [0, 0.05) is 5.92 Å². The lowest BCUT2D eigenvalue weighted by Crippen LogP contribution is -2.31. The van der Waals surface area contributed by atoms with Gasteiger partial charge in [0.15, 0.2) is 0 Å². The second kappa shape index (κ2) is 5.66. The van der Waals surface area contributed by atoms with E-state index >= 15 is 0 Å². The van der Waals surface area contributed by atoms with Crippen molar-refractivity contribution in [3.05, 3.63) is 0 Å². The van der Waals surface area contributed by atoms with Gasteiger partial charge in [0.25, 0.3) is 0 Å². The molecule has 0 aromatic rings. The number of carboxylic acid groups (broad SMARTS) is 1. The summed E-state index contributed by atoms with van der Waals surface area (Å²) < 4.78 is 0. The van der Waals surface area contributed by atoms with Gasteiger partial charge >= 0.3 is 5.97 Å². The van der Waals surface area contributed by atoms with E-state index in [1.54, 1.807) is 0 Å². The molecule has 0 heterocycles. The predicted octanol–water partition coefficient (Wildman–Crippen LogP) is -0.310. The van der Waals surface area contributed by atoms with Crippen LogP contribution in [0, 0.1) is 5.92 Å². The minimum absolute atomic E-state index is 0.122. The number of ketones is 1. The second-order valence-corrected chi connectivity index (χ2v) is 3.15. The normalized spacial score (nSPS) is 12.9. The van der Waals surface area contributed by atoms with Crippen molar-refractivity contribution in [3.63, 3.8) is 0 Å². The first-order valence-electron chi connectivity index (χ1n) is 4.17. The molecular formula is C8H16N2O3. The Balaban J connectivity index is 3.95. The third kappa shape index (κ3) is 6.24. The fourth-order valence-corrected chi connectivity index (χ4v) is 1.05. The van der Waals surface area contributed by atoms with E-state index in [2.05, 4.69) is 0 Å². The molecular weight excluding hydrogens is 172 g/mol. The average Bonchev–Trinajstić information content (AvgIpc) is 1.96. The van der Waals surface area contributed by atoms with Crippen LogP contribution >= 0.6 is 0 Å². The average molecular weight is 188 g/mol. The van der Waals surface area contributed by atoms with Gasteiger partial charge in [0.05, 0.1) is 12.6 Å². The Morgan fingerprint density at radius 1 is 1.31 bits per heavy atom. The molecule has 0 aliphatic heterocycles. The summed E-state index contributed by atoms with van der Waals surface area (Å²) in [6.07, 6.45) is 0.300. The molecule has 0 saturated heterocycles. The molecule has 0 aromatic heterocycles. The molecule has 5 heteroatoms.